The Bertz CT molecular complexity index is 458. The monoisotopic (exact) mass is 315 g/mol. The summed E-state index contributed by atoms with van der Waals surface area (Å²) in [6, 6.07) is 5.16. The minimum absolute atomic E-state index is 0.157. The minimum atomic E-state index is -0.157. The van der Waals surface area contributed by atoms with Crippen molar-refractivity contribution in [1.29, 1.82) is 0 Å². The van der Waals surface area contributed by atoms with Crippen LogP contribution in [-0.2, 0) is 9.59 Å². The topological polar surface area (TPSA) is 37.4 Å². The molecule has 0 spiro atoms. The van der Waals surface area contributed by atoms with Crippen LogP contribution in [0.2, 0.25) is 5.02 Å². The number of benzene rings is 1. The molecule has 0 radical (unpaired) electrons. The molecule has 0 atom stereocenters. The van der Waals surface area contributed by atoms with Crippen LogP contribution in [0.3, 0.4) is 0 Å². The first-order valence-electron chi connectivity index (χ1n) is 5.41. The fourth-order valence-corrected chi connectivity index (χ4v) is 2.46. The van der Waals surface area contributed by atoms with Gasteiger partial charge in [0, 0.05) is 12.8 Å². The summed E-state index contributed by atoms with van der Waals surface area (Å²) in [5, 5.41) is 0.493. The van der Waals surface area contributed by atoms with Crippen molar-refractivity contribution in [2.24, 2.45) is 0 Å². The van der Waals surface area contributed by atoms with Gasteiger partial charge in [-0.1, -0.05) is 17.7 Å². The Morgan fingerprint density at radius 1 is 1.12 bits per heavy atom. The third-order valence-corrected chi connectivity index (χ3v) is 4.08. The van der Waals surface area contributed by atoms with Gasteiger partial charge < -0.3 is 0 Å². The van der Waals surface area contributed by atoms with Gasteiger partial charge in [-0.05, 0) is 40.9 Å². The molecule has 17 heavy (non-hydrogen) atoms. The lowest BCUT2D eigenvalue weighted by atomic mass is 10.2. The van der Waals surface area contributed by atoms with Gasteiger partial charge in [0.05, 0.1) is 15.2 Å². The second kappa shape index (κ2) is 5.19. The second-order valence-corrected chi connectivity index (χ2v) is 5.10. The molecule has 1 aliphatic rings. The molecule has 1 saturated heterocycles. The van der Waals surface area contributed by atoms with Crippen molar-refractivity contribution in [1.82, 2.24) is 0 Å². The lowest BCUT2D eigenvalue weighted by Crippen LogP contribution is -2.35. The molecule has 0 N–H and O–H groups in total. The quantitative estimate of drug-likeness (QED) is 0.743. The Balaban J connectivity index is 2.45. The number of anilines is 1. The molecule has 1 aromatic carbocycles. The SMILES string of the molecule is O=C1CCCCC(=O)N1c1cccc(Cl)c1Br. The summed E-state index contributed by atoms with van der Waals surface area (Å²) in [6.07, 6.45) is 2.34. The molecule has 1 fully saturated rings. The average Bonchev–Trinajstić information content (AvgIpc) is 2.45. The summed E-state index contributed by atoms with van der Waals surface area (Å²) in [6.45, 7) is 0. The third kappa shape index (κ3) is 2.53. The number of amides is 2. The van der Waals surface area contributed by atoms with E-state index in [1.807, 2.05) is 0 Å². The zero-order valence-corrected chi connectivity index (χ0v) is 11.4. The molecule has 90 valence electrons. The summed E-state index contributed by atoms with van der Waals surface area (Å²) >= 11 is 9.29. The van der Waals surface area contributed by atoms with E-state index in [1.54, 1.807) is 18.2 Å². The van der Waals surface area contributed by atoms with Crippen LogP contribution < -0.4 is 4.90 Å². The largest absolute Gasteiger partial charge is 0.274 e. The Labute approximate surface area is 113 Å². The number of rotatable bonds is 1. The molecule has 0 aliphatic carbocycles. The first-order valence-corrected chi connectivity index (χ1v) is 6.58. The highest BCUT2D eigenvalue weighted by molar-refractivity contribution is 9.10. The van der Waals surface area contributed by atoms with Gasteiger partial charge in [-0.25, -0.2) is 4.90 Å². The summed E-state index contributed by atoms with van der Waals surface area (Å²) in [5.41, 5.74) is 0.536. The van der Waals surface area contributed by atoms with Gasteiger partial charge in [-0.3, -0.25) is 9.59 Å². The van der Waals surface area contributed by atoms with Gasteiger partial charge in [0.25, 0.3) is 0 Å². The summed E-state index contributed by atoms with van der Waals surface area (Å²) < 4.78 is 0.588. The van der Waals surface area contributed by atoms with Crippen LogP contribution in [0.5, 0.6) is 0 Å². The summed E-state index contributed by atoms with van der Waals surface area (Å²) in [5.74, 6) is -0.314. The fraction of sp³-hybridized carbons (Fsp3) is 0.333. The zero-order valence-electron chi connectivity index (χ0n) is 9.08. The van der Waals surface area contributed by atoms with Gasteiger partial charge in [-0.15, -0.1) is 0 Å². The molecular weight excluding hydrogens is 305 g/mol. The second-order valence-electron chi connectivity index (χ2n) is 3.90. The van der Waals surface area contributed by atoms with Gasteiger partial charge in [0.15, 0.2) is 0 Å². The predicted octanol–water partition coefficient (Wildman–Crippen LogP) is 3.54. The van der Waals surface area contributed by atoms with Gasteiger partial charge in [-0.2, -0.15) is 0 Å². The molecule has 1 aromatic rings. The molecule has 0 bridgehead atoms. The van der Waals surface area contributed by atoms with Crippen LogP contribution in [0.4, 0.5) is 5.69 Å². The van der Waals surface area contributed by atoms with Crippen molar-refractivity contribution in [2.75, 3.05) is 4.90 Å². The van der Waals surface area contributed by atoms with E-state index in [0.29, 0.717) is 28.0 Å². The number of carbonyl (C=O) groups is 2. The molecule has 1 aliphatic heterocycles. The first-order chi connectivity index (χ1) is 8.11. The molecule has 1 heterocycles. The van der Waals surface area contributed by atoms with Crippen molar-refractivity contribution in [3.05, 3.63) is 27.7 Å². The fourth-order valence-electron chi connectivity index (χ4n) is 1.85. The molecule has 2 rings (SSSR count). The maximum absolute atomic E-state index is 11.9. The number of imide groups is 1. The van der Waals surface area contributed by atoms with Crippen molar-refractivity contribution < 1.29 is 9.59 Å². The zero-order chi connectivity index (χ0) is 12.4. The smallest absolute Gasteiger partial charge is 0.233 e. The number of hydrogen-bond donors (Lipinski definition) is 0. The van der Waals surface area contributed by atoms with Crippen LogP contribution in [0, 0.1) is 0 Å². The Kier molecular flexibility index (Phi) is 3.84. The molecule has 5 heteroatoms. The number of nitrogens with zero attached hydrogens (tertiary/aromatic N) is 1. The van der Waals surface area contributed by atoms with Gasteiger partial charge >= 0.3 is 0 Å². The molecule has 0 saturated carbocycles. The Morgan fingerprint density at radius 3 is 2.29 bits per heavy atom. The van der Waals surface area contributed by atoms with E-state index < -0.39 is 0 Å². The number of carbonyl (C=O) groups excluding carboxylic acids is 2. The van der Waals surface area contributed by atoms with E-state index >= 15 is 0 Å². The van der Waals surface area contributed by atoms with E-state index in [2.05, 4.69) is 15.9 Å². The maximum Gasteiger partial charge on any atom is 0.233 e. The standard InChI is InChI=1S/C12H11BrClNO2/c13-12-8(14)4-3-5-9(12)15-10(16)6-1-2-7-11(15)17/h3-5H,1-2,6-7H2. The lowest BCUT2D eigenvalue weighted by molar-refractivity contribution is -0.125. The van der Waals surface area contributed by atoms with Crippen molar-refractivity contribution in [3.63, 3.8) is 0 Å². The van der Waals surface area contributed by atoms with Crippen LogP contribution in [0.15, 0.2) is 22.7 Å². The maximum atomic E-state index is 11.9. The van der Waals surface area contributed by atoms with Gasteiger partial charge in [0.1, 0.15) is 0 Å². The molecule has 2 amide bonds. The van der Waals surface area contributed by atoms with E-state index in [0.717, 1.165) is 12.8 Å². The van der Waals surface area contributed by atoms with E-state index in [1.165, 1.54) is 4.90 Å². The van der Waals surface area contributed by atoms with Crippen LogP contribution >= 0.6 is 27.5 Å². The van der Waals surface area contributed by atoms with Crippen LogP contribution in [0.25, 0.3) is 0 Å². The third-order valence-electron chi connectivity index (χ3n) is 2.70. The van der Waals surface area contributed by atoms with E-state index in [-0.39, 0.29) is 11.8 Å². The molecular formula is C12H11BrClNO2. The molecule has 3 nitrogen and oxygen atoms in total. The van der Waals surface area contributed by atoms with Gasteiger partial charge in [0.2, 0.25) is 11.8 Å². The molecule has 0 aromatic heterocycles. The van der Waals surface area contributed by atoms with Crippen molar-refractivity contribution >= 4 is 45.0 Å². The highest BCUT2D eigenvalue weighted by Crippen LogP contribution is 2.34. The number of hydrogen-bond acceptors (Lipinski definition) is 2. The van der Waals surface area contributed by atoms with Crippen molar-refractivity contribution in [2.45, 2.75) is 25.7 Å². The first kappa shape index (κ1) is 12.6. The summed E-state index contributed by atoms with van der Waals surface area (Å²) in [4.78, 5) is 25.1. The van der Waals surface area contributed by atoms with E-state index in [4.69, 9.17) is 11.6 Å². The molecule has 0 unspecified atom stereocenters. The van der Waals surface area contributed by atoms with Crippen LogP contribution in [0.1, 0.15) is 25.7 Å². The van der Waals surface area contributed by atoms with E-state index in [9.17, 15) is 9.59 Å². The average molecular weight is 317 g/mol. The Morgan fingerprint density at radius 2 is 1.71 bits per heavy atom. The van der Waals surface area contributed by atoms with Crippen LogP contribution in [-0.4, -0.2) is 11.8 Å². The summed E-state index contributed by atoms with van der Waals surface area (Å²) in [7, 11) is 0. The van der Waals surface area contributed by atoms with Crippen molar-refractivity contribution in [3.8, 4) is 0 Å². The predicted molar refractivity (Wildman–Crippen MR) is 70.1 cm³/mol. The highest BCUT2D eigenvalue weighted by atomic mass is 79.9. The minimum Gasteiger partial charge on any atom is -0.274 e. The lowest BCUT2D eigenvalue weighted by Gasteiger charge is -2.20. The Hall–Kier alpha value is -0.870. The highest BCUT2D eigenvalue weighted by Gasteiger charge is 2.27. The normalized spacial score (nSPS) is 17.2. The number of halogens is 2.